The van der Waals surface area contributed by atoms with Gasteiger partial charge in [0.15, 0.2) is 0 Å². The SMILES string of the molecule is C[N+](C)([O-])CCCNC(=O)C(F)(F)C(F)(F)C(F)(F)C(F)(F)C(F)(F)C(F)(F)C(F)(F)C(F)(F)C(F)(F)F. The summed E-state index contributed by atoms with van der Waals surface area (Å²) >= 11 is 0. The molecule has 0 aromatic rings. The summed E-state index contributed by atoms with van der Waals surface area (Å²) in [5, 5.41) is 11.9. The van der Waals surface area contributed by atoms with Gasteiger partial charge in [0.2, 0.25) is 0 Å². The summed E-state index contributed by atoms with van der Waals surface area (Å²) in [6, 6.07) is 0. The molecule has 0 bridgehead atoms. The maximum Gasteiger partial charge on any atom is 0.460 e. The van der Waals surface area contributed by atoms with Crippen LogP contribution in [0.3, 0.4) is 0 Å². The van der Waals surface area contributed by atoms with Crippen molar-refractivity contribution in [2.45, 2.75) is 60.0 Å². The zero-order valence-electron chi connectivity index (χ0n) is 18.1. The van der Waals surface area contributed by atoms with Gasteiger partial charge in [-0.25, -0.2) is 0 Å². The van der Waals surface area contributed by atoms with Crippen molar-refractivity contribution < 1.29 is 92.9 Å². The number of halogens is 19. The van der Waals surface area contributed by atoms with Gasteiger partial charge in [-0.3, -0.25) is 4.79 Å². The van der Waals surface area contributed by atoms with Crippen LogP contribution in [0.4, 0.5) is 83.4 Å². The molecule has 0 spiro atoms. The molecule has 0 aromatic heterocycles. The zero-order chi connectivity index (χ0) is 31.4. The van der Waals surface area contributed by atoms with Gasteiger partial charge in [-0.2, -0.15) is 83.4 Å². The Kier molecular flexibility index (Phi) is 9.12. The van der Waals surface area contributed by atoms with Crippen molar-refractivity contribution in [2.24, 2.45) is 0 Å². The summed E-state index contributed by atoms with van der Waals surface area (Å²) in [7, 11) is 1.80. The number of alkyl halides is 19. The molecule has 0 unspecified atom stereocenters. The summed E-state index contributed by atoms with van der Waals surface area (Å²) in [5.74, 6) is -72.1. The lowest BCUT2D eigenvalue weighted by molar-refractivity contribution is -0.840. The molecule has 0 radical (unpaired) electrons. The van der Waals surface area contributed by atoms with Crippen LogP contribution in [0.1, 0.15) is 6.42 Å². The Hall–Kier alpha value is -1.94. The fraction of sp³-hybridized carbons (Fsp3) is 0.933. The molecule has 1 amide bonds. The van der Waals surface area contributed by atoms with Crippen LogP contribution in [0.25, 0.3) is 0 Å². The van der Waals surface area contributed by atoms with Gasteiger partial charge in [-0.15, -0.1) is 0 Å². The van der Waals surface area contributed by atoms with Crippen molar-refractivity contribution in [3.05, 3.63) is 5.21 Å². The van der Waals surface area contributed by atoms with E-state index in [0.717, 1.165) is 14.1 Å². The van der Waals surface area contributed by atoms with Crippen molar-refractivity contribution >= 4 is 5.91 Å². The van der Waals surface area contributed by atoms with E-state index in [1.165, 1.54) is 0 Å². The molecular formula is C15H13F19N2O2. The van der Waals surface area contributed by atoms with Crippen LogP contribution in [0.5, 0.6) is 0 Å². The lowest BCUT2D eigenvalue weighted by atomic mass is 9.87. The van der Waals surface area contributed by atoms with E-state index in [-0.39, 0.29) is 0 Å². The highest BCUT2D eigenvalue weighted by Crippen LogP contribution is 2.65. The highest BCUT2D eigenvalue weighted by atomic mass is 19.4. The van der Waals surface area contributed by atoms with Crippen LogP contribution in [-0.2, 0) is 4.79 Å². The van der Waals surface area contributed by atoms with Crippen LogP contribution in [0.15, 0.2) is 0 Å². The number of carbonyl (C=O) groups excluding carboxylic acids is 1. The molecule has 23 heteroatoms. The molecule has 0 aliphatic carbocycles. The van der Waals surface area contributed by atoms with Crippen molar-refractivity contribution in [3.63, 3.8) is 0 Å². The van der Waals surface area contributed by atoms with E-state index in [1.807, 2.05) is 0 Å². The number of carbonyl (C=O) groups is 1. The predicted molar refractivity (Wildman–Crippen MR) is 83.6 cm³/mol. The molecular weight excluding hydrogens is 601 g/mol. The van der Waals surface area contributed by atoms with Crippen molar-refractivity contribution in [2.75, 3.05) is 27.2 Å². The van der Waals surface area contributed by atoms with Crippen molar-refractivity contribution in [1.82, 2.24) is 5.32 Å². The van der Waals surface area contributed by atoms with E-state index in [9.17, 15) is 93.4 Å². The molecule has 0 fully saturated rings. The van der Waals surface area contributed by atoms with E-state index in [4.69, 9.17) is 0 Å². The van der Waals surface area contributed by atoms with Gasteiger partial charge in [-0.1, -0.05) is 0 Å². The number of nitrogens with zero attached hydrogens (tertiary/aromatic N) is 1. The Morgan fingerprint density at radius 2 is 0.868 bits per heavy atom. The van der Waals surface area contributed by atoms with E-state index >= 15 is 0 Å². The predicted octanol–water partition coefficient (Wildman–Crippen LogP) is 5.71. The molecule has 0 atom stereocenters. The first kappa shape index (κ1) is 36.1. The second kappa shape index (κ2) is 9.61. The number of rotatable bonds is 12. The van der Waals surface area contributed by atoms with Gasteiger partial charge >= 0.3 is 53.6 Å². The number of amides is 1. The van der Waals surface area contributed by atoms with Crippen LogP contribution in [-0.4, -0.2) is 91.3 Å². The van der Waals surface area contributed by atoms with Gasteiger partial charge in [0.1, 0.15) is 0 Å². The molecule has 228 valence electrons. The van der Waals surface area contributed by atoms with Gasteiger partial charge < -0.3 is 15.2 Å². The third-order valence-electron chi connectivity index (χ3n) is 4.56. The van der Waals surface area contributed by atoms with Gasteiger partial charge in [0.25, 0.3) is 5.91 Å². The maximum absolute atomic E-state index is 13.7. The van der Waals surface area contributed by atoms with E-state index in [1.54, 1.807) is 0 Å². The highest BCUT2D eigenvalue weighted by Gasteiger charge is 2.97. The van der Waals surface area contributed by atoms with Crippen molar-refractivity contribution in [1.29, 1.82) is 0 Å². The molecule has 4 nitrogen and oxygen atoms in total. The Bertz CT molecular complexity index is 859. The quantitative estimate of drug-likeness (QED) is 0.133. The number of hydrogen-bond acceptors (Lipinski definition) is 2. The molecule has 0 aromatic carbocycles. The fourth-order valence-corrected chi connectivity index (χ4v) is 2.28. The zero-order valence-corrected chi connectivity index (χ0v) is 18.1. The van der Waals surface area contributed by atoms with Gasteiger partial charge in [-0.05, 0) is 0 Å². The number of quaternary nitrogens is 1. The third kappa shape index (κ3) is 5.27. The lowest BCUT2D eigenvalue weighted by Gasteiger charge is -2.43. The normalized spacial score (nSPS) is 16.1. The Morgan fingerprint density at radius 3 is 1.16 bits per heavy atom. The summed E-state index contributed by atoms with van der Waals surface area (Å²) < 4.78 is 249. The van der Waals surface area contributed by atoms with Gasteiger partial charge in [0, 0.05) is 13.0 Å². The second-order valence-electron chi connectivity index (χ2n) is 8.00. The molecule has 0 saturated heterocycles. The average Bonchev–Trinajstić information content (AvgIpc) is 2.68. The first-order valence-corrected chi connectivity index (χ1v) is 9.04. The smallest absolute Gasteiger partial charge is 0.460 e. The summed E-state index contributed by atoms with van der Waals surface area (Å²) in [4.78, 5) is 11.2. The monoisotopic (exact) mass is 614 g/mol. The molecule has 0 aliphatic heterocycles. The van der Waals surface area contributed by atoms with Crippen LogP contribution in [0.2, 0.25) is 0 Å². The van der Waals surface area contributed by atoms with E-state index in [0.29, 0.717) is 5.32 Å². The minimum absolute atomic E-state index is 0.603. The summed E-state index contributed by atoms with van der Waals surface area (Å²) in [5.41, 5.74) is 0. The minimum Gasteiger partial charge on any atom is -0.633 e. The Labute approximate surface area is 197 Å². The minimum atomic E-state index is -9.05. The average molecular weight is 614 g/mol. The Morgan fingerprint density at radius 1 is 0.579 bits per heavy atom. The van der Waals surface area contributed by atoms with Crippen LogP contribution in [0, 0.1) is 5.21 Å². The van der Waals surface area contributed by atoms with E-state index < -0.39 is 83.6 Å². The van der Waals surface area contributed by atoms with Crippen molar-refractivity contribution in [3.8, 4) is 0 Å². The van der Waals surface area contributed by atoms with Crippen LogP contribution < -0.4 is 5.32 Å². The second-order valence-corrected chi connectivity index (χ2v) is 8.00. The number of nitrogens with one attached hydrogen (secondary N) is 1. The fourth-order valence-electron chi connectivity index (χ4n) is 2.28. The largest absolute Gasteiger partial charge is 0.633 e. The van der Waals surface area contributed by atoms with Crippen LogP contribution >= 0.6 is 0 Å². The van der Waals surface area contributed by atoms with E-state index in [2.05, 4.69) is 0 Å². The first-order valence-electron chi connectivity index (χ1n) is 9.04. The molecule has 1 N–H and O–H groups in total. The molecule has 0 saturated carbocycles. The standard InChI is InChI=1S/C15H13F19N2O2/c1-36(2,38)5-3-4-35-6(37)7(16,17)8(18,19)9(20,21)10(22,23)11(24,25)12(26,27)13(28,29)14(30,31)15(32,33)34/h3-5H2,1-2H3,(H,35,37). The third-order valence-corrected chi connectivity index (χ3v) is 4.56. The number of hydrogen-bond donors (Lipinski definition) is 1. The molecule has 0 rings (SSSR count). The topological polar surface area (TPSA) is 52.2 Å². The Balaban J connectivity index is 6.55. The first-order chi connectivity index (χ1) is 16.1. The summed E-state index contributed by atoms with van der Waals surface area (Å²) in [6.45, 7) is -1.88. The molecule has 38 heavy (non-hydrogen) atoms. The molecule has 0 heterocycles. The molecule has 0 aliphatic rings. The lowest BCUT2D eigenvalue weighted by Crippen LogP contribution is -2.76. The van der Waals surface area contributed by atoms with Gasteiger partial charge in [0.05, 0.1) is 20.6 Å². The number of hydroxylamine groups is 3. The summed E-state index contributed by atoms with van der Waals surface area (Å²) in [6.07, 6.45) is -8.66. The highest BCUT2D eigenvalue weighted by molar-refractivity contribution is 5.84. The maximum atomic E-state index is 13.7.